The summed E-state index contributed by atoms with van der Waals surface area (Å²) in [6.45, 7) is 6.38. The lowest BCUT2D eigenvalue weighted by atomic mass is 9.95. The quantitative estimate of drug-likeness (QED) is 0.610. The summed E-state index contributed by atoms with van der Waals surface area (Å²) in [5.41, 5.74) is 2.97. The van der Waals surface area contributed by atoms with Crippen LogP contribution >= 0.6 is 11.3 Å². The highest BCUT2D eigenvalue weighted by Gasteiger charge is 2.34. The Morgan fingerprint density at radius 1 is 1.15 bits per heavy atom. The average Bonchev–Trinajstić information content (AvgIpc) is 3.38. The molecule has 0 saturated carbocycles. The van der Waals surface area contributed by atoms with Crippen molar-refractivity contribution in [2.75, 3.05) is 36.5 Å². The average molecular weight is 486 g/mol. The Balaban J connectivity index is 1.31. The van der Waals surface area contributed by atoms with Crippen LogP contribution < -0.4 is 14.5 Å². The van der Waals surface area contributed by atoms with Crippen LogP contribution in [0.25, 0.3) is 10.2 Å². The Labute approximate surface area is 197 Å². The Bertz CT molecular complexity index is 1340. The highest BCUT2D eigenvalue weighted by Crippen LogP contribution is 2.37. The van der Waals surface area contributed by atoms with Gasteiger partial charge >= 0.3 is 0 Å². The maximum atomic E-state index is 13.4. The van der Waals surface area contributed by atoms with E-state index in [4.69, 9.17) is 0 Å². The number of sulfonamides is 1. The van der Waals surface area contributed by atoms with Gasteiger partial charge in [-0.1, -0.05) is 0 Å². The smallest absolute Gasteiger partial charge is 0.240 e. The number of hydrogen-bond acceptors (Lipinski definition) is 7. The van der Waals surface area contributed by atoms with Gasteiger partial charge in [-0.15, -0.1) is 11.3 Å². The summed E-state index contributed by atoms with van der Waals surface area (Å²) in [6.07, 6.45) is 3.84. The van der Waals surface area contributed by atoms with Crippen molar-refractivity contribution in [3.05, 3.63) is 40.5 Å². The number of rotatable bonds is 4. The van der Waals surface area contributed by atoms with E-state index >= 15 is 0 Å². The second kappa shape index (κ2) is 8.34. The molecule has 1 aromatic carbocycles. The molecule has 0 atom stereocenters. The van der Waals surface area contributed by atoms with Crippen LogP contribution in [0.5, 0.6) is 0 Å². The van der Waals surface area contributed by atoms with E-state index in [1.807, 2.05) is 4.90 Å². The lowest BCUT2D eigenvalue weighted by molar-refractivity contribution is -0.122. The monoisotopic (exact) mass is 485 g/mol. The number of anilines is 2. The Hall–Kier alpha value is -2.56. The second-order valence-corrected chi connectivity index (χ2v) is 11.7. The van der Waals surface area contributed by atoms with Gasteiger partial charge in [-0.25, -0.2) is 23.1 Å². The predicted octanol–water partition coefficient (Wildman–Crippen LogP) is 3.02. The molecule has 33 heavy (non-hydrogen) atoms. The van der Waals surface area contributed by atoms with Crippen molar-refractivity contribution >= 4 is 49.0 Å². The zero-order chi connectivity index (χ0) is 23.3. The molecule has 1 saturated heterocycles. The molecule has 3 aromatic rings. The molecule has 1 N–H and O–H groups in total. The van der Waals surface area contributed by atoms with Gasteiger partial charge in [0.05, 0.1) is 10.3 Å². The molecule has 0 bridgehead atoms. The van der Waals surface area contributed by atoms with Crippen LogP contribution in [0.3, 0.4) is 0 Å². The first-order valence-electron chi connectivity index (χ1n) is 11.1. The summed E-state index contributed by atoms with van der Waals surface area (Å²) in [6, 6.07) is 5.02. The lowest BCUT2D eigenvalue weighted by Crippen LogP contribution is -2.42. The van der Waals surface area contributed by atoms with E-state index in [9.17, 15) is 13.2 Å². The normalized spacial score (nSPS) is 17.1. The van der Waals surface area contributed by atoms with E-state index in [1.54, 1.807) is 35.9 Å². The van der Waals surface area contributed by atoms with Crippen LogP contribution in [0.15, 0.2) is 29.4 Å². The molecule has 0 aliphatic carbocycles. The molecular formula is C23H27N5O3S2. The molecule has 0 unspecified atom stereocenters. The predicted molar refractivity (Wildman–Crippen MR) is 131 cm³/mol. The van der Waals surface area contributed by atoms with Gasteiger partial charge in [0, 0.05) is 36.1 Å². The van der Waals surface area contributed by atoms with E-state index in [0.29, 0.717) is 13.0 Å². The summed E-state index contributed by atoms with van der Waals surface area (Å²) in [7, 11) is -2.10. The van der Waals surface area contributed by atoms with Crippen molar-refractivity contribution in [2.45, 2.75) is 38.0 Å². The van der Waals surface area contributed by atoms with Crippen LogP contribution in [-0.4, -0.2) is 51.0 Å². The topological polar surface area (TPSA) is 95.5 Å². The molecule has 10 heteroatoms. The molecule has 8 nitrogen and oxygen atoms in total. The summed E-state index contributed by atoms with van der Waals surface area (Å²) in [5, 5.41) is 1.13. The number of thiophene rings is 1. The first-order chi connectivity index (χ1) is 15.8. The van der Waals surface area contributed by atoms with Gasteiger partial charge in [0.15, 0.2) is 0 Å². The van der Waals surface area contributed by atoms with Gasteiger partial charge in [-0.2, -0.15) is 0 Å². The maximum Gasteiger partial charge on any atom is 0.240 e. The summed E-state index contributed by atoms with van der Waals surface area (Å²) in [5.74, 6) is 1.06. The molecule has 0 spiro atoms. The van der Waals surface area contributed by atoms with E-state index in [2.05, 4.69) is 33.4 Å². The minimum absolute atomic E-state index is 0.0458. The fourth-order valence-corrected chi connectivity index (χ4v) is 6.63. The molecule has 2 aliphatic heterocycles. The van der Waals surface area contributed by atoms with Crippen molar-refractivity contribution in [2.24, 2.45) is 5.92 Å². The van der Waals surface area contributed by atoms with E-state index in [-0.39, 0.29) is 16.7 Å². The van der Waals surface area contributed by atoms with Crippen LogP contribution in [0, 0.1) is 19.8 Å². The number of aryl methyl sites for hydroxylation is 2. The third-order valence-electron chi connectivity index (χ3n) is 6.88. The number of hydrogen-bond donors (Lipinski definition) is 1. The van der Waals surface area contributed by atoms with Gasteiger partial charge < -0.3 is 9.80 Å². The zero-order valence-corrected chi connectivity index (χ0v) is 20.6. The minimum Gasteiger partial charge on any atom is -0.356 e. The Morgan fingerprint density at radius 2 is 1.91 bits per heavy atom. The van der Waals surface area contributed by atoms with Crippen molar-refractivity contribution in [3.63, 3.8) is 0 Å². The number of benzene rings is 1. The van der Waals surface area contributed by atoms with Crippen LogP contribution in [0.2, 0.25) is 0 Å². The molecule has 174 valence electrons. The maximum absolute atomic E-state index is 13.4. The minimum atomic E-state index is -3.50. The summed E-state index contributed by atoms with van der Waals surface area (Å²) in [4.78, 5) is 29.0. The third kappa shape index (κ3) is 3.79. The fourth-order valence-electron chi connectivity index (χ4n) is 4.85. The third-order valence-corrected chi connectivity index (χ3v) is 9.41. The molecule has 2 aliphatic rings. The van der Waals surface area contributed by atoms with Crippen molar-refractivity contribution in [3.8, 4) is 0 Å². The SMILES string of the molecule is CNS(=O)(=O)c1ccc2c(c1)CCN2C(=O)C1CCN(c2ncnc3sc(C)c(C)c23)CC1. The number of piperidine rings is 1. The Morgan fingerprint density at radius 3 is 2.64 bits per heavy atom. The number of nitrogens with one attached hydrogen (secondary N) is 1. The lowest BCUT2D eigenvalue weighted by Gasteiger charge is -2.34. The van der Waals surface area contributed by atoms with Gasteiger partial charge in [-0.3, -0.25) is 4.79 Å². The van der Waals surface area contributed by atoms with Gasteiger partial charge in [0.2, 0.25) is 15.9 Å². The van der Waals surface area contributed by atoms with Crippen molar-refractivity contribution < 1.29 is 13.2 Å². The molecule has 2 aromatic heterocycles. The largest absolute Gasteiger partial charge is 0.356 e. The second-order valence-electron chi connectivity index (χ2n) is 8.66. The van der Waals surface area contributed by atoms with Crippen LogP contribution in [0.4, 0.5) is 11.5 Å². The number of carbonyl (C=O) groups excluding carboxylic acids is 1. The van der Waals surface area contributed by atoms with E-state index in [0.717, 1.165) is 53.2 Å². The number of fused-ring (bicyclic) bond motifs is 2. The van der Waals surface area contributed by atoms with E-state index < -0.39 is 10.0 Å². The zero-order valence-electron chi connectivity index (χ0n) is 19.0. The summed E-state index contributed by atoms with van der Waals surface area (Å²) < 4.78 is 26.6. The number of nitrogens with zero attached hydrogens (tertiary/aromatic N) is 4. The van der Waals surface area contributed by atoms with Crippen LogP contribution in [0.1, 0.15) is 28.8 Å². The number of carbonyl (C=O) groups is 1. The highest BCUT2D eigenvalue weighted by molar-refractivity contribution is 7.89. The molecular weight excluding hydrogens is 458 g/mol. The Kier molecular flexibility index (Phi) is 5.62. The standard InChI is InChI=1S/C23H27N5O3S2/c1-14-15(2)32-22-20(14)21(25-13-26-22)27-9-6-16(7-10-27)23(29)28-11-8-17-12-18(4-5-19(17)28)33(30,31)24-3/h4-5,12-13,16,24H,6-11H2,1-3H3. The van der Waals surface area contributed by atoms with E-state index in [1.165, 1.54) is 17.5 Å². The highest BCUT2D eigenvalue weighted by atomic mass is 32.2. The van der Waals surface area contributed by atoms with Gasteiger partial charge in [-0.05, 0) is 69.5 Å². The van der Waals surface area contributed by atoms with Crippen LogP contribution in [-0.2, 0) is 21.2 Å². The molecule has 1 amide bonds. The first kappa shape index (κ1) is 22.2. The summed E-state index contributed by atoms with van der Waals surface area (Å²) >= 11 is 1.70. The fraction of sp³-hybridized carbons (Fsp3) is 0.435. The number of aromatic nitrogens is 2. The molecule has 0 radical (unpaired) electrons. The molecule has 1 fully saturated rings. The first-order valence-corrected chi connectivity index (χ1v) is 13.4. The molecule has 4 heterocycles. The number of amides is 1. The van der Waals surface area contributed by atoms with Gasteiger partial charge in [0.1, 0.15) is 17.0 Å². The molecule has 5 rings (SSSR count). The van der Waals surface area contributed by atoms with Crippen molar-refractivity contribution in [1.82, 2.24) is 14.7 Å². The van der Waals surface area contributed by atoms with Gasteiger partial charge in [0.25, 0.3) is 0 Å². The van der Waals surface area contributed by atoms with Crippen molar-refractivity contribution in [1.29, 1.82) is 0 Å².